The predicted molar refractivity (Wildman–Crippen MR) is 73.0 cm³/mol. The standard InChI is InChI=1S/C12H13Cl2F3N2/c1-18-11(12(5-15,6-16)7-17)19-10-8(13)3-2-4-9(10)14/h2-4H,5-7H2,1H3,(H,18,19). The van der Waals surface area contributed by atoms with E-state index < -0.39 is 25.4 Å². The zero-order valence-electron chi connectivity index (χ0n) is 10.2. The summed E-state index contributed by atoms with van der Waals surface area (Å²) in [5.41, 5.74) is -1.80. The van der Waals surface area contributed by atoms with Gasteiger partial charge in [-0.05, 0) is 12.1 Å². The van der Waals surface area contributed by atoms with E-state index in [0.717, 1.165) is 0 Å². The highest BCUT2D eigenvalue weighted by molar-refractivity contribution is 6.38. The summed E-state index contributed by atoms with van der Waals surface area (Å²) < 4.78 is 39.0. The molecule has 0 aliphatic heterocycles. The SMILES string of the molecule is CN/C(=N/c1c(Cl)cccc1Cl)C(CF)(CF)CF. The van der Waals surface area contributed by atoms with Crippen molar-refractivity contribution >= 4 is 34.7 Å². The van der Waals surface area contributed by atoms with Crippen molar-refractivity contribution in [3.8, 4) is 0 Å². The third-order valence-electron chi connectivity index (χ3n) is 2.67. The van der Waals surface area contributed by atoms with Crippen LogP contribution in [0.15, 0.2) is 23.2 Å². The lowest BCUT2D eigenvalue weighted by Crippen LogP contribution is -2.44. The smallest absolute Gasteiger partial charge is 0.116 e. The number of rotatable bonds is 5. The van der Waals surface area contributed by atoms with Crippen molar-refractivity contribution < 1.29 is 13.2 Å². The van der Waals surface area contributed by atoms with Crippen molar-refractivity contribution in [3.63, 3.8) is 0 Å². The average molecular weight is 313 g/mol. The molecular weight excluding hydrogens is 300 g/mol. The molecule has 0 bridgehead atoms. The number of halogens is 5. The summed E-state index contributed by atoms with van der Waals surface area (Å²) >= 11 is 11.8. The Hall–Kier alpha value is -0.940. The summed E-state index contributed by atoms with van der Waals surface area (Å²) in [6.45, 7) is -3.66. The molecule has 1 aromatic rings. The van der Waals surface area contributed by atoms with E-state index in [2.05, 4.69) is 10.3 Å². The van der Waals surface area contributed by atoms with Crippen LogP contribution in [0.2, 0.25) is 10.0 Å². The molecule has 0 aliphatic carbocycles. The molecule has 2 nitrogen and oxygen atoms in total. The van der Waals surface area contributed by atoms with Gasteiger partial charge in [-0.3, -0.25) is 0 Å². The van der Waals surface area contributed by atoms with Gasteiger partial charge in [0, 0.05) is 7.05 Å². The average Bonchev–Trinajstić information content (AvgIpc) is 2.43. The van der Waals surface area contributed by atoms with Gasteiger partial charge in [0.2, 0.25) is 0 Å². The number of nitrogens with zero attached hydrogens (tertiary/aromatic N) is 1. The first-order valence-corrected chi connectivity index (χ1v) is 6.19. The van der Waals surface area contributed by atoms with Crippen LogP contribution < -0.4 is 5.32 Å². The normalized spacial score (nSPS) is 12.6. The van der Waals surface area contributed by atoms with E-state index >= 15 is 0 Å². The predicted octanol–water partition coefficient (Wildman–Crippen LogP) is 4.14. The molecule has 1 N–H and O–H groups in total. The number of amidine groups is 1. The van der Waals surface area contributed by atoms with E-state index in [4.69, 9.17) is 23.2 Å². The van der Waals surface area contributed by atoms with Gasteiger partial charge in [0.25, 0.3) is 0 Å². The molecule has 0 radical (unpaired) electrons. The molecule has 0 unspecified atom stereocenters. The summed E-state index contributed by atoms with van der Waals surface area (Å²) in [5.74, 6) is -0.171. The third kappa shape index (κ3) is 3.34. The molecule has 19 heavy (non-hydrogen) atoms. The highest BCUT2D eigenvalue weighted by Crippen LogP contribution is 2.34. The van der Waals surface area contributed by atoms with Crippen LogP contribution in [0, 0.1) is 5.41 Å². The second kappa shape index (κ2) is 7.01. The molecule has 0 heterocycles. The van der Waals surface area contributed by atoms with Crippen LogP contribution in [-0.2, 0) is 0 Å². The first-order valence-electron chi connectivity index (χ1n) is 5.43. The van der Waals surface area contributed by atoms with Gasteiger partial charge in [0.1, 0.15) is 37.0 Å². The second-order valence-electron chi connectivity index (χ2n) is 3.96. The number of para-hydroxylation sites is 1. The van der Waals surface area contributed by atoms with Gasteiger partial charge < -0.3 is 5.32 Å². The van der Waals surface area contributed by atoms with Crippen molar-refractivity contribution in [2.24, 2.45) is 10.4 Å². The van der Waals surface area contributed by atoms with Crippen LogP contribution in [0.5, 0.6) is 0 Å². The first kappa shape index (κ1) is 16.1. The van der Waals surface area contributed by atoms with Gasteiger partial charge >= 0.3 is 0 Å². The minimum absolute atomic E-state index is 0.148. The van der Waals surface area contributed by atoms with E-state index in [9.17, 15) is 13.2 Å². The zero-order valence-corrected chi connectivity index (χ0v) is 11.7. The number of hydrogen-bond donors (Lipinski definition) is 1. The number of hydrogen-bond acceptors (Lipinski definition) is 1. The molecule has 0 saturated carbocycles. The molecule has 0 fully saturated rings. The highest BCUT2D eigenvalue weighted by atomic mass is 35.5. The zero-order chi connectivity index (χ0) is 14.5. The largest absolute Gasteiger partial charge is 0.376 e. The Bertz CT molecular complexity index is 434. The van der Waals surface area contributed by atoms with E-state index in [-0.39, 0.29) is 21.6 Å². The lowest BCUT2D eigenvalue weighted by atomic mass is 9.91. The molecular formula is C12H13Cl2F3N2. The number of benzene rings is 1. The molecule has 106 valence electrons. The maximum absolute atomic E-state index is 13.0. The molecule has 0 atom stereocenters. The van der Waals surface area contributed by atoms with Crippen molar-refractivity contribution in [1.82, 2.24) is 5.32 Å². The number of alkyl halides is 3. The minimum Gasteiger partial charge on any atom is -0.376 e. The molecule has 0 aliphatic rings. The lowest BCUT2D eigenvalue weighted by Gasteiger charge is -2.26. The van der Waals surface area contributed by atoms with Crippen molar-refractivity contribution in [3.05, 3.63) is 28.2 Å². The van der Waals surface area contributed by atoms with Crippen LogP contribution in [0.4, 0.5) is 18.9 Å². The topological polar surface area (TPSA) is 24.4 Å². The van der Waals surface area contributed by atoms with Gasteiger partial charge in [-0.15, -0.1) is 0 Å². The van der Waals surface area contributed by atoms with E-state index in [1.807, 2.05) is 0 Å². The molecule has 7 heteroatoms. The van der Waals surface area contributed by atoms with Crippen LogP contribution in [0.25, 0.3) is 0 Å². The fourth-order valence-corrected chi connectivity index (χ4v) is 1.93. The van der Waals surface area contributed by atoms with Gasteiger partial charge in [-0.2, -0.15) is 0 Å². The molecule has 0 amide bonds. The summed E-state index contributed by atoms with van der Waals surface area (Å²) in [4.78, 5) is 3.98. The molecule has 1 aromatic carbocycles. The quantitative estimate of drug-likeness (QED) is 0.641. The van der Waals surface area contributed by atoms with Gasteiger partial charge in [0.05, 0.1) is 10.0 Å². The Morgan fingerprint density at radius 3 is 2.00 bits per heavy atom. The monoisotopic (exact) mass is 312 g/mol. The Labute approximate surface area is 119 Å². The van der Waals surface area contributed by atoms with Crippen molar-refractivity contribution in [2.75, 3.05) is 27.1 Å². The van der Waals surface area contributed by atoms with Crippen LogP contribution in [0.1, 0.15) is 0 Å². The summed E-state index contributed by atoms with van der Waals surface area (Å²) in [7, 11) is 1.40. The van der Waals surface area contributed by atoms with Gasteiger partial charge in [-0.1, -0.05) is 29.3 Å². The van der Waals surface area contributed by atoms with Gasteiger partial charge in [0.15, 0.2) is 0 Å². The fraction of sp³-hybridized carbons (Fsp3) is 0.417. The van der Waals surface area contributed by atoms with Crippen LogP contribution >= 0.6 is 23.2 Å². The number of aliphatic imine (C=N–C) groups is 1. The summed E-state index contributed by atoms with van der Waals surface area (Å²) in [6.07, 6.45) is 0. The van der Waals surface area contributed by atoms with E-state index in [1.165, 1.54) is 19.2 Å². The maximum atomic E-state index is 13.0. The van der Waals surface area contributed by atoms with Crippen molar-refractivity contribution in [1.29, 1.82) is 0 Å². The fourth-order valence-electron chi connectivity index (χ4n) is 1.44. The molecule has 0 spiro atoms. The second-order valence-corrected chi connectivity index (χ2v) is 4.78. The lowest BCUT2D eigenvalue weighted by molar-refractivity contribution is 0.180. The molecule has 0 aromatic heterocycles. The Morgan fingerprint density at radius 2 is 1.63 bits per heavy atom. The molecule has 1 rings (SSSR count). The highest BCUT2D eigenvalue weighted by Gasteiger charge is 2.37. The molecule has 0 saturated heterocycles. The summed E-state index contributed by atoms with van der Waals surface area (Å²) in [5, 5.41) is 2.94. The van der Waals surface area contributed by atoms with Crippen molar-refractivity contribution in [2.45, 2.75) is 0 Å². The maximum Gasteiger partial charge on any atom is 0.116 e. The number of nitrogens with one attached hydrogen (secondary N) is 1. The Morgan fingerprint density at radius 1 is 1.16 bits per heavy atom. The van der Waals surface area contributed by atoms with E-state index in [1.54, 1.807) is 6.07 Å². The van der Waals surface area contributed by atoms with Gasteiger partial charge in [-0.25, -0.2) is 18.2 Å². The first-order chi connectivity index (χ1) is 9.04. The summed E-state index contributed by atoms with van der Waals surface area (Å²) in [6, 6.07) is 4.67. The Kier molecular flexibility index (Phi) is 5.94. The van der Waals surface area contributed by atoms with E-state index in [0.29, 0.717) is 0 Å². The Balaban J connectivity index is 3.33. The minimum atomic E-state index is -1.95. The van der Waals surface area contributed by atoms with Crippen LogP contribution in [-0.4, -0.2) is 32.9 Å². The van der Waals surface area contributed by atoms with Crippen LogP contribution in [0.3, 0.4) is 0 Å². The third-order valence-corrected chi connectivity index (χ3v) is 3.28.